The number of carbonyl (C=O) groups is 1. The first-order valence-corrected chi connectivity index (χ1v) is 9.98. The van der Waals surface area contributed by atoms with Gasteiger partial charge in [0.25, 0.3) is 0 Å². The maximum Gasteiger partial charge on any atom is 0.303 e. The molecule has 0 amide bonds. The normalized spacial score (nSPS) is 25.5. The predicted octanol–water partition coefficient (Wildman–Crippen LogP) is 2.90. The summed E-state index contributed by atoms with van der Waals surface area (Å²) in [5.74, 6) is -0.784. The molecule has 28 heavy (non-hydrogen) atoms. The summed E-state index contributed by atoms with van der Waals surface area (Å²) in [5, 5.41) is 38.3. The number of carboxylic acids is 1. The van der Waals surface area contributed by atoms with Crippen molar-refractivity contribution in [1.82, 2.24) is 0 Å². The minimum atomic E-state index is -0.784. The average molecular weight is 395 g/mol. The van der Waals surface area contributed by atoms with E-state index in [-0.39, 0.29) is 12.5 Å². The van der Waals surface area contributed by atoms with E-state index in [0.29, 0.717) is 25.7 Å². The number of allylic oxidation sites excluding steroid dienone is 5. The van der Waals surface area contributed by atoms with Crippen LogP contribution in [0, 0.1) is 0 Å². The van der Waals surface area contributed by atoms with Crippen LogP contribution in [0.3, 0.4) is 0 Å². The molecule has 5 atom stereocenters. The van der Waals surface area contributed by atoms with E-state index >= 15 is 0 Å². The third kappa shape index (κ3) is 10.6. The zero-order valence-electron chi connectivity index (χ0n) is 16.6. The van der Waals surface area contributed by atoms with Crippen LogP contribution in [0.4, 0.5) is 0 Å². The number of rotatable bonds is 13. The van der Waals surface area contributed by atoms with Gasteiger partial charge in [0.2, 0.25) is 0 Å². The smallest absolute Gasteiger partial charge is 0.303 e. The van der Waals surface area contributed by atoms with Gasteiger partial charge in [-0.25, -0.2) is 0 Å². The second kappa shape index (κ2) is 14.3. The summed E-state index contributed by atoms with van der Waals surface area (Å²) < 4.78 is 5.63. The van der Waals surface area contributed by atoms with Crippen LogP contribution in [-0.2, 0) is 9.53 Å². The SMILES string of the molecule is CC[C@H](O)[C@@H]1C[C@@H](O)[C@@H](/C=C/[C@H](O)C/C=C\C/C=C\C/C=C\CCC(=O)O)O1. The highest BCUT2D eigenvalue weighted by molar-refractivity contribution is 5.66. The number of aliphatic carboxylic acids is 1. The van der Waals surface area contributed by atoms with Crippen molar-refractivity contribution in [2.45, 2.75) is 82.4 Å². The van der Waals surface area contributed by atoms with Crippen molar-refractivity contribution in [2.24, 2.45) is 0 Å². The maximum absolute atomic E-state index is 10.3. The molecule has 1 aliphatic heterocycles. The molecule has 0 aromatic rings. The zero-order valence-corrected chi connectivity index (χ0v) is 16.6. The van der Waals surface area contributed by atoms with Crippen LogP contribution in [0.2, 0.25) is 0 Å². The lowest BCUT2D eigenvalue weighted by Crippen LogP contribution is -2.25. The minimum Gasteiger partial charge on any atom is -0.481 e. The van der Waals surface area contributed by atoms with Crippen molar-refractivity contribution in [3.05, 3.63) is 48.6 Å². The highest BCUT2D eigenvalue weighted by atomic mass is 16.5. The second-order valence-corrected chi connectivity index (χ2v) is 6.92. The van der Waals surface area contributed by atoms with Crippen molar-refractivity contribution in [2.75, 3.05) is 0 Å². The van der Waals surface area contributed by atoms with Gasteiger partial charge in [-0.05, 0) is 32.1 Å². The molecule has 0 unspecified atom stereocenters. The van der Waals surface area contributed by atoms with E-state index in [0.717, 1.165) is 12.8 Å². The van der Waals surface area contributed by atoms with Crippen LogP contribution >= 0.6 is 0 Å². The fourth-order valence-corrected chi connectivity index (χ4v) is 2.82. The van der Waals surface area contributed by atoms with Gasteiger partial charge in [0.1, 0.15) is 6.10 Å². The van der Waals surface area contributed by atoms with Crippen molar-refractivity contribution < 1.29 is 30.0 Å². The van der Waals surface area contributed by atoms with Crippen LogP contribution in [-0.4, -0.2) is 56.9 Å². The predicted molar refractivity (Wildman–Crippen MR) is 109 cm³/mol. The van der Waals surface area contributed by atoms with Crippen molar-refractivity contribution in [1.29, 1.82) is 0 Å². The van der Waals surface area contributed by atoms with Gasteiger partial charge < -0.3 is 25.2 Å². The van der Waals surface area contributed by atoms with E-state index in [9.17, 15) is 20.1 Å². The lowest BCUT2D eigenvalue weighted by Gasteiger charge is -2.16. The molecular formula is C22H34O6. The first-order valence-electron chi connectivity index (χ1n) is 9.98. The highest BCUT2D eigenvalue weighted by Crippen LogP contribution is 2.25. The fourth-order valence-electron chi connectivity index (χ4n) is 2.82. The van der Waals surface area contributed by atoms with Crippen molar-refractivity contribution in [3.63, 3.8) is 0 Å². The largest absolute Gasteiger partial charge is 0.481 e. The molecule has 1 aliphatic rings. The molecule has 6 nitrogen and oxygen atoms in total. The van der Waals surface area contributed by atoms with E-state index in [1.807, 2.05) is 43.4 Å². The van der Waals surface area contributed by atoms with Gasteiger partial charge in [-0.3, -0.25) is 4.79 Å². The highest BCUT2D eigenvalue weighted by Gasteiger charge is 2.35. The Morgan fingerprint density at radius 1 is 1.11 bits per heavy atom. The molecule has 6 heteroatoms. The third-order valence-electron chi connectivity index (χ3n) is 4.50. The number of hydrogen-bond donors (Lipinski definition) is 4. The molecule has 0 aliphatic carbocycles. The molecule has 0 aromatic heterocycles. The lowest BCUT2D eigenvalue weighted by molar-refractivity contribution is -0.136. The molecule has 1 rings (SSSR count). The van der Waals surface area contributed by atoms with Gasteiger partial charge >= 0.3 is 5.97 Å². The summed E-state index contributed by atoms with van der Waals surface area (Å²) in [6.07, 6.45) is 16.0. The van der Waals surface area contributed by atoms with Gasteiger partial charge in [-0.15, -0.1) is 0 Å². The molecule has 1 saturated heterocycles. The molecule has 158 valence electrons. The quantitative estimate of drug-likeness (QED) is 0.358. The van der Waals surface area contributed by atoms with Gasteiger partial charge in [0, 0.05) is 12.8 Å². The first-order chi connectivity index (χ1) is 13.4. The number of hydrogen-bond acceptors (Lipinski definition) is 5. The number of aliphatic hydroxyl groups is 3. The minimum absolute atomic E-state index is 0.160. The van der Waals surface area contributed by atoms with Crippen LogP contribution in [0.1, 0.15) is 51.9 Å². The first kappa shape index (κ1) is 24.3. The number of carboxylic acid groups (broad SMARTS) is 1. The Bertz CT molecular complexity index is 551. The third-order valence-corrected chi connectivity index (χ3v) is 4.50. The summed E-state index contributed by atoms with van der Waals surface area (Å²) in [6.45, 7) is 1.87. The standard InChI is InChI=1S/C22H34O6/c1-2-18(24)21-16-19(25)20(28-21)15-14-17(23)12-10-8-6-4-3-5-7-9-11-13-22(26)27/h3-4,7-10,14-15,17-21,23-25H,2,5-6,11-13,16H2,1H3,(H,26,27)/b4-3-,9-7-,10-8-,15-14+/t17-,18+,19-,20-,21+/m1/s1. The van der Waals surface area contributed by atoms with Crippen LogP contribution in [0.25, 0.3) is 0 Å². The topological polar surface area (TPSA) is 107 Å². The summed E-state index contributed by atoms with van der Waals surface area (Å²) in [7, 11) is 0. The Morgan fingerprint density at radius 3 is 2.39 bits per heavy atom. The Balaban J connectivity index is 2.18. The Hall–Kier alpha value is -1.73. The Labute approximate surface area is 167 Å². The summed E-state index contributed by atoms with van der Waals surface area (Å²) in [4.78, 5) is 10.3. The average Bonchev–Trinajstić information content (AvgIpc) is 3.04. The fraction of sp³-hybridized carbons (Fsp3) is 0.591. The number of aliphatic hydroxyl groups excluding tert-OH is 3. The van der Waals surface area contributed by atoms with E-state index in [1.54, 1.807) is 12.2 Å². The summed E-state index contributed by atoms with van der Waals surface area (Å²) in [6, 6.07) is 0. The molecular weight excluding hydrogens is 360 g/mol. The molecule has 1 fully saturated rings. The maximum atomic E-state index is 10.3. The Morgan fingerprint density at radius 2 is 1.75 bits per heavy atom. The van der Waals surface area contributed by atoms with Crippen molar-refractivity contribution >= 4 is 5.97 Å². The summed E-state index contributed by atoms with van der Waals surface area (Å²) in [5.41, 5.74) is 0. The van der Waals surface area contributed by atoms with Crippen LogP contribution in [0.5, 0.6) is 0 Å². The van der Waals surface area contributed by atoms with Gasteiger partial charge in [0.15, 0.2) is 0 Å². The zero-order chi connectivity index (χ0) is 20.8. The molecule has 0 saturated carbocycles. The monoisotopic (exact) mass is 394 g/mol. The van der Waals surface area contributed by atoms with Gasteiger partial charge in [-0.1, -0.05) is 55.5 Å². The van der Waals surface area contributed by atoms with Gasteiger partial charge in [-0.2, -0.15) is 0 Å². The molecule has 4 N–H and O–H groups in total. The van der Waals surface area contributed by atoms with Gasteiger partial charge in [0.05, 0.1) is 24.4 Å². The van der Waals surface area contributed by atoms with E-state index in [1.165, 1.54) is 0 Å². The molecule has 0 bridgehead atoms. The van der Waals surface area contributed by atoms with E-state index < -0.39 is 30.4 Å². The van der Waals surface area contributed by atoms with E-state index in [4.69, 9.17) is 9.84 Å². The number of ether oxygens (including phenoxy) is 1. The lowest BCUT2D eigenvalue weighted by atomic mass is 10.1. The molecule has 0 spiro atoms. The summed E-state index contributed by atoms with van der Waals surface area (Å²) >= 11 is 0. The second-order valence-electron chi connectivity index (χ2n) is 6.92. The van der Waals surface area contributed by atoms with Crippen molar-refractivity contribution in [3.8, 4) is 0 Å². The molecule has 0 radical (unpaired) electrons. The van der Waals surface area contributed by atoms with Crippen LogP contribution < -0.4 is 0 Å². The molecule has 1 heterocycles. The molecule has 0 aromatic carbocycles. The van der Waals surface area contributed by atoms with Crippen LogP contribution in [0.15, 0.2) is 48.6 Å². The van der Waals surface area contributed by atoms with E-state index in [2.05, 4.69) is 0 Å². The Kier molecular flexibility index (Phi) is 12.4.